The van der Waals surface area contributed by atoms with Crippen molar-refractivity contribution in [3.05, 3.63) is 29.3 Å². The minimum absolute atomic E-state index is 0.249. The van der Waals surface area contributed by atoms with Crippen molar-refractivity contribution in [2.45, 2.75) is 13.0 Å². The van der Waals surface area contributed by atoms with E-state index >= 15 is 0 Å². The Hall–Kier alpha value is -1.27. The van der Waals surface area contributed by atoms with E-state index in [1.54, 1.807) is 30.1 Å². The van der Waals surface area contributed by atoms with Gasteiger partial charge < -0.3 is 10.5 Å². The molecule has 18 heavy (non-hydrogen) atoms. The van der Waals surface area contributed by atoms with Gasteiger partial charge in [-0.2, -0.15) is 0 Å². The Morgan fingerprint density at radius 1 is 1.50 bits per heavy atom. The molecule has 2 N–H and O–H groups in total. The molecule has 100 valence electrons. The van der Waals surface area contributed by atoms with Gasteiger partial charge in [0, 0.05) is 6.54 Å². The molecule has 0 spiro atoms. The molecule has 3 nitrogen and oxygen atoms in total. The third-order valence-corrected chi connectivity index (χ3v) is 2.65. The van der Waals surface area contributed by atoms with E-state index in [4.69, 9.17) is 22.7 Å². The van der Waals surface area contributed by atoms with Crippen molar-refractivity contribution >= 4 is 17.2 Å². The highest BCUT2D eigenvalue weighted by molar-refractivity contribution is 7.80. The van der Waals surface area contributed by atoms with Gasteiger partial charge in [0.2, 0.25) is 0 Å². The van der Waals surface area contributed by atoms with Crippen LogP contribution in [-0.4, -0.2) is 37.0 Å². The smallest absolute Gasteiger partial charge is 0.251 e. The lowest BCUT2D eigenvalue weighted by Crippen LogP contribution is -2.24. The van der Waals surface area contributed by atoms with Crippen LogP contribution in [0.1, 0.15) is 11.1 Å². The molecular weight excluding hydrogens is 258 g/mol. The maximum Gasteiger partial charge on any atom is 0.251 e. The van der Waals surface area contributed by atoms with Gasteiger partial charge in [-0.25, -0.2) is 8.78 Å². The second-order valence-electron chi connectivity index (χ2n) is 3.99. The Bertz CT molecular complexity index is 427. The lowest BCUT2D eigenvalue weighted by atomic mass is 10.1. The number of hydrogen-bond donors (Lipinski definition) is 1. The molecule has 6 heteroatoms. The van der Waals surface area contributed by atoms with Crippen molar-refractivity contribution in [3.63, 3.8) is 0 Å². The molecule has 0 amide bonds. The summed E-state index contributed by atoms with van der Waals surface area (Å²) in [6, 6.07) is 5.31. The summed E-state index contributed by atoms with van der Waals surface area (Å²) in [7, 11) is 3.16. The van der Waals surface area contributed by atoms with E-state index in [-0.39, 0.29) is 11.5 Å². The van der Waals surface area contributed by atoms with Crippen LogP contribution < -0.4 is 10.5 Å². The van der Waals surface area contributed by atoms with E-state index < -0.39 is 6.43 Å². The molecule has 0 aliphatic rings. The number of ether oxygens (including phenoxy) is 1. The normalized spacial score (nSPS) is 11.0. The molecule has 0 aromatic heterocycles. The van der Waals surface area contributed by atoms with Crippen LogP contribution >= 0.6 is 12.2 Å². The Morgan fingerprint density at radius 2 is 2.17 bits per heavy atom. The number of benzene rings is 1. The quantitative estimate of drug-likeness (QED) is 0.806. The van der Waals surface area contributed by atoms with Crippen LogP contribution in [0.4, 0.5) is 8.78 Å². The molecule has 0 atom stereocenters. The van der Waals surface area contributed by atoms with Crippen LogP contribution in [0.3, 0.4) is 0 Å². The highest BCUT2D eigenvalue weighted by Crippen LogP contribution is 2.21. The summed E-state index contributed by atoms with van der Waals surface area (Å²) in [6.45, 7) is 0.150. The van der Waals surface area contributed by atoms with Crippen LogP contribution in [0.5, 0.6) is 5.75 Å². The van der Waals surface area contributed by atoms with Gasteiger partial charge >= 0.3 is 0 Å². The van der Waals surface area contributed by atoms with Crippen LogP contribution in [0, 0.1) is 0 Å². The summed E-state index contributed by atoms with van der Waals surface area (Å²) in [5.41, 5.74) is 7.07. The fourth-order valence-corrected chi connectivity index (χ4v) is 1.82. The minimum atomic E-state index is -2.34. The average molecular weight is 274 g/mol. The maximum absolute atomic E-state index is 12.2. The molecule has 0 saturated heterocycles. The SMILES string of the molecule is COc1cc(CN(C)CC(F)F)ccc1C(N)=S. The Morgan fingerprint density at radius 3 is 2.67 bits per heavy atom. The van der Waals surface area contributed by atoms with Gasteiger partial charge in [0.15, 0.2) is 0 Å². The molecule has 1 rings (SSSR count). The lowest BCUT2D eigenvalue weighted by Gasteiger charge is -2.17. The minimum Gasteiger partial charge on any atom is -0.496 e. The molecule has 0 unspecified atom stereocenters. The molecule has 0 aliphatic heterocycles. The van der Waals surface area contributed by atoms with Gasteiger partial charge in [0.1, 0.15) is 10.7 Å². The maximum atomic E-state index is 12.2. The predicted octanol–water partition coefficient (Wildman–Crippen LogP) is 2.03. The monoisotopic (exact) mass is 274 g/mol. The fraction of sp³-hybridized carbons (Fsp3) is 0.417. The van der Waals surface area contributed by atoms with Crippen molar-refractivity contribution in [2.24, 2.45) is 5.73 Å². The highest BCUT2D eigenvalue weighted by Gasteiger charge is 2.11. The van der Waals surface area contributed by atoms with Crippen molar-refractivity contribution in [3.8, 4) is 5.75 Å². The molecule has 0 radical (unpaired) electrons. The number of thiocarbonyl (C=S) groups is 1. The average Bonchev–Trinajstić information content (AvgIpc) is 2.27. The zero-order valence-electron chi connectivity index (χ0n) is 10.3. The largest absolute Gasteiger partial charge is 0.496 e. The van der Waals surface area contributed by atoms with Crippen molar-refractivity contribution < 1.29 is 13.5 Å². The summed E-state index contributed by atoms with van der Waals surface area (Å²) >= 11 is 4.89. The number of nitrogens with zero attached hydrogens (tertiary/aromatic N) is 1. The summed E-state index contributed by atoms with van der Waals surface area (Å²) in [5, 5.41) is 0. The highest BCUT2D eigenvalue weighted by atomic mass is 32.1. The van der Waals surface area contributed by atoms with Crippen molar-refractivity contribution in [2.75, 3.05) is 20.7 Å². The second-order valence-corrected chi connectivity index (χ2v) is 4.43. The molecule has 0 saturated carbocycles. The Kier molecular flexibility index (Phi) is 5.43. The van der Waals surface area contributed by atoms with Gasteiger partial charge in [0.05, 0.1) is 19.2 Å². The van der Waals surface area contributed by atoms with Gasteiger partial charge in [-0.05, 0) is 24.7 Å². The second kappa shape index (κ2) is 6.61. The topological polar surface area (TPSA) is 38.5 Å². The lowest BCUT2D eigenvalue weighted by molar-refractivity contribution is 0.0975. The summed E-state index contributed by atoms with van der Waals surface area (Å²) in [5.74, 6) is 0.561. The van der Waals surface area contributed by atoms with Crippen molar-refractivity contribution in [1.29, 1.82) is 0 Å². The first-order valence-corrected chi connectivity index (χ1v) is 5.78. The summed E-state index contributed by atoms with van der Waals surface area (Å²) in [4.78, 5) is 1.79. The van der Waals surface area contributed by atoms with Crippen LogP contribution in [0.2, 0.25) is 0 Å². The number of methoxy groups -OCH3 is 1. The fourth-order valence-electron chi connectivity index (χ4n) is 1.65. The number of hydrogen-bond acceptors (Lipinski definition) is 3. The third-order valence-electron chi connectivity index (χ3n) is 2.43. The molecule has 1 aromatic rings. The third kappa shape index (κ3) is 4.19. The number of rotatable bonds is 6. The Balaban J connectivity index is 2.82. The molecule has 0 bridgehead atoms. The van der Waals surface area contributed by atoms with Crippen molar-refractivity contribution in [1.82, 2.24) is 4.90 Å². The molecular formula is C12H16F2N2OS. The van der Waals surface area contributed by atoms with Gasteiger partial charge in [-0.1, -0.05) is 18.3 Å². The van der Waals surface area contributed by atoms with E-state index in [0.29, 0.717) is 17.9 Å². The Labute approximate surface area is 111 Å². The van der Waals surface area contributed by atoms with Crippen LogP contribution in [0.25, 0.3) is 0 Å². The first kappa shape index (κ1) is 14.8. The molecule has 0 fully saturated rings. The zero-order chi connectivity index (χ0) is 13.7. The number of nitrogens with two attached hydrogens (primary N) is 1. The first-order chi connectivity index (χ1) is 8.43. The van der Waals surface area contributed by atoms with Gasteiger partial charge in [-0.3, -0.25) is 4.90 Å². The zero-order valence-corrected chi connectivity index (χ0v) is 11.1. The number of alkyl halides is 2. The molecule has 0 aliphatic carbocycles. The van der Waals surface area contributed by atoms with E-state index in [0.717, 1.165) is 5.56 Å². The van der Waals surface area contributed by atoms with E-state index in [2.05, 4.69) is 0 Å². The first-order valence-electron chi connectivity index (χ1n) is 5.37. The van der Waals surface area contributed by atoms with E-state index in [9.17, 15) is 8.78 Å². The van der Waals surface area contributed by atoms with Crippen LogP contribution in [0.15, 0.2) is 18.2 Å². The standard InChI is InChI=1S/C12H16F2N2OS/c1-16(7-11(13)14)6-8-3-4-9(12(15)18)10(5-8)17-2/h3-5,11H,6-7H2,1-2H3,(H2,15,18). The number of halogens is 2. The summed E-state index contributed by atoms with van der Waals surface area (Å²) < 4.78 is 29.6. The van der Waals surface area contributed by atoms with Gasteiger partial charge in [0.25, 0.3) is 6.43 Å². The molecule has 0 heterocycles. The van der Waals surface area contributed by atoms with Crippen LogP contribution in [-0.2, 0) is 6.54 Å². The van der Waals surface area contributed by atoms with E-state index in [1.807, 2.05) is 0 Å². The van der Waals surface area contributed by atoms with Gasteiger partial charge in [-0.15, -0.1) is 0 Å². The predicted molar refractivity (Wildman–Crippen MR) is 71.2 cm³/mol. The molecule has 1 aromatic carbocycles. The van der Waals surface area contributed by atoms with E-state index in [1.165, 1.54) is 7.11 Å². The summed E-state index contributed by atoms with van der Waals surface area (Å²) in [6.07, 6.45) is -2.34.